The van der Waals surface area contributed by atoms with Crippen LogP contribution in [0.25, 0.3) is 0 Å². The molecule has 0 heterocycles. The maximum absolute atomic E-state index is 9.25. The molecule has 2 N–H and O–H groups in total. The summed E-state index contributed by atoms with van der Waals surface area (Å²) in [6.45, 7) is 4.33. The summed E-state index contributed by atoms with van der Waals surface area (Å²) in [4.78, 5) is 9.25. The summed E-state index contributed by atoms with van der Waals surface area (Å²) in [7, 11) is 6.36. The van der Waals surface area contributed by atoms with Gasteiger partial charge in [0.05, 0.1) is 27.7 Å². The number of rotatable bonds is 4. The molecule has 0 bridgehead atoms. The third-order valence-corrected chi connectivity index (χ3v) is 1.16. The molecule has 0 fully saturated rings. The molecule has 92 valence electrons. The average Bonchev–Trinajstić information content (AvgIpc) is 2.17. The second kappa shape index (κ2) is 13.4. The van der Waals surface area contributed by atoms with E-state index >= 15 is 0 Å². The minimum atomic E-state index is -0.981. The van der Waals surface area contributed by atoms with Gasteiger partial charge in [0, 0.05) is 25.5 Å². The number of nitrogens with zero attached hydrogens (tertiary/aromatic N) is 1. The van der Waals surface area contributed by atoms with Gasteiger partial charge in [-0.15, -0.1) is 11.6 Å². The molecule has 0 spiro atoms. The number of aliphatic hydroxyl groups is 1. The molecular formula is C10H23ClNO3+. The zero-order valence-electron chi connectivity index (χ0n) is 10.0. The standard InChI is InChI=1S/C6H16NO.C3H4O2.CH3Cl/c1-7(2,3)5-4-6-8;1-2-3(4)5;1-2/h8H,4-6H2,1-3H3;2H,1H2,(H,4,5);1H3/q+1;;. The van der Waals surface area contributed by atoms with Crippen LogP contribution >= 0.6 is 11.6 Å². The highest BCUT2D eigenvalue weighted by Crippen LogP contribution is 1.90. The molecule has 0 radical (unpaired) electrons. The Balaban J connectivity index is -0.000000177. The Kier molecular flexibility index (Phi) is 17.8. The predicted molar refractivity (Wildman–Crippen MR) is 64.2 cm³/mol. The highest BCUT2D eigenvalue weighted by Gasteiger charge is 2.03. The monoisotopic (exact) mass is 240 g/mol. The summed E-state index contributed by atoms with van der Waals surface area (Å²) in [6.07, 6.45) is 3.21. The van der Waals surface area contributed by atoms with Crippen molar-refractivity contribution in [2.75, 3.05) is 40.7 Å². The Hall–Kier alpha value is -0.580. The molecule has 0 saturated heterocycles. The van der Waals surface area contributed by atoms with Crippen molar-refractivity contribution in [3.8, 4) is 0 Å². The van der Waals surface area contributed by atoms with Crippen molar-refractivity contribution >= 4 is 17.6 Å². The molecule has 15 heavy (non-hydrogen) atoms. The van der Waals surface area contributed by atoms with E-state index in [4.69, 9.17) is 10.2 Å². The Bertz CT molecular complexity index is 155. The van der Waals surface area contributed by atoms with Crippen LogP contribution in [0.1, 0.15) is 6.42 Å². The lowest BCUT2D eigenvalue weighted by atomic mass is 10.4. The minimum absolute atomic E-state index is 0.315. The number of aliphatic hydroxyl groups excluding tert-OH is 1. The smallest absolute Gasteiger partial charge is 0.327 e. The van der Waals surface area contributed by atoms with Crippen LogP contribution in [0, 0.1) is 0 Å². The van der Waals surface area contributed by atoms with Gasteiger partial charge in [0.25, 0.3) is 0 Å². The van der Waals surface area contributed by atoms with E-state index in [1.807, 2.05) is 0 Å². The van der Waals surface area contributed by atoms with Gasteiger partial charge in [0.15, 0.2) is 0 Å². The van der Waals surface area contributed by atoms with Crippen LogP contribution in [0.15, 0.2) is 12.7 Å². The number of hydrogen-bond acceptors (Lipinski definition) is 2. The average molecular weight is 241 g/mol. The molecule has 0 amide bonds. The zero-order chi connectivity index (χ0) is 12.9. The van der Waals surface area contributed by atoms with Crippen LogP contribution in [-0.4, -0.2) is 61.3 Å². The normalized spacial score (nSPS) is 8.93. The number of halogens is 1. The van der Waals surface area contributed by atoms with E-state index in [0.29, 0.717) is 6.61 Å². The molecule has 0 aromatic heterocycles. The zero-order valence-corrected chi connectivity index (χ0v) is 10.8. The second-order valence-corrected chi connectivity index (χ2v) is 3.63. The van der Waals surface area contributed by atoms with Gasteiger partial charge in [-0.1, -0.05) is 6.58 Å². The van der Waals surface area contributed by atoms with Gasteiger partial charge in [0.1, 0.15) is 0 Å². The molecule has 0 unspecified atom stereocenters. The van der Waals surface area contributed by atoms with E-state index in [-0.39, 0.29) is 0 Å². The van der Waals surface area contributed by atoms with Crippen molar-refractivity contribution in [3.05, 3.63) is 12.7 Å². The van der Waals surface area contributed by atoms with Gasteiger partial charge < -0.3 is 14.7 Å². The lowest BCUT2D eigenvalue weighted by Crippen LogP contribution is -2.35. The maximum Gasteiger partial charge on any atom is 0.327 e. The Labute approximate surface area is 97.4 Å². The number of quaternary nitrogens is 1. The third kappa shape index (κ3) is 42.5. The van der Waals surface area contributed by atoms with Crippen molar-refractivity contribution in [3.63, 3.8) is 0 Å². The number of carbonyl (C=O) groups is 1. The summed E-state index contributed by atoms with van der Waals surface area (Å²) in [5.41, 5.74) is 0. The van der Waals surface area contributed by atoms with E-state index in [1.165, 1.54) is 6.38 Å². The van der Waals surface area contributed by atoms with E-state index in [2.05, 4.69) is 39.3 Å². The number of carboxylic acid groups (broad SMARTS) is 1. The van der Waals surface area contributed by atoms with Crippen molar-refractivity contribution in [1.29, 1.82) is 0 Å². The number of aliphatic carboxylic acids is 1. The van der Waals surface area contributed by atoms with E-state index in [9.17, 15) is 4.79 Å². The first kappa shape index (κ1) is 19.9. The maximum atomic E-state index is 9.25. The summed E-state index contributed by atoms with van der Waals surface area (Å²) >= 11 is 4.64. The van der Waals surface area contributed by atoms with Crippen molar-refractivity contribution in [2.24, 2.45) is 0 Å². The van der Waals surface area contributed by atoms with Gasteiger partial charge in [-0.25, -0.2) is 4.79 Å². The second-order valence-electron chi connectivity index (χ2n) is 3.63. The molecule has 0 aromatic rings. The fourth-order valence-corrected chi connectivity index (χ4v) is 0.545. The van der Waals surface area contributed by atoms with Crippen LogP contribution in [0.2, 0.25) is 0 Å². The summed E-state index contributed by atoms with van der Waals surface area (Å²) < 4.78 is 0.945. The van der Waals surface area contributed by atoms with Crippen LogP contribution in [0.3, 0.4) is 0 Å². The molecule has 5 heteroatoms. The van der Waals surface area contributed by atoms with E-state index < -0.39 is 5.97 Å². The van der Waals surface area contributed by atoms with Gasteiger partial charge in [0.2, 0.25) is 0 Å². The molecule has 0 aromatic carbocycles. The van der Waals surface area contributed by atoms with Gasteiger partial charge in [-0.2, -0.15) is 0 Å². The molecule has 0 aliphatic rings. The van der Waals surface area contributed by atoms with Gasteiger partial charge >= 0.3 is 5.97 Å². The summed E-state index contributed by atoms with van der Waals surface area (Å²) in [6, 6.07) is 0. The van der Waals surface area contributed by atoms with Gasteiger partial charge in [-0.3, -0.25) is 0 Å². The molecule has 0 rings (SSSR count). The molecule has 0 aliphatic heterocycles. The molecule has 4 nitrogen and oxygen atoms in total. The molecule has 0 aliphatic carbocycles. The topological polar surface area (TPSA) is 57.5 Å². The minimum Gasteiger partial charge on any atom is -0.478 e. The van der Waals surface area contributed by atoms with Crippen LogP contribution in [0.4, 0.5) is 0 Å². The fraction of sp³-hybridized carbons (Fsp3) is 0.700. The molecular weight excluding hydrogens is 218 g/mol. The third-order valence-electron chi connectivity index (χ3n) is 1.16. The summed E-state index contributed by atoms with van der Waals surface area (Å²) in [5, 5.41) is 16.0. The molecule has 0 atom stereocenters. The Morgan fingerprint density at radius 3 is 1.80 bits per heavy atom. The van der Waals surface area contributed by atoms with E-state index in [0.717, 1.165) is 23.5 Å². The lowest BCUT2D eigenvalue weighted by molar-refractivity contribution is -0.870. The van der Waals surface area contributed by atoms with Crippen LogP contribution in [-0.2, 0) is 4.79 Å². The highest BCUT2D eigenvalue weighted by atomic mass is 35.5. The number of hydrogen-bond donors (Lipinski definition) is 2. The molecule has 0 saturated carbocycles. The largest absolute Gasteiger partial charge is 0.478 e. The number of carboxylic acids is 1. The SMILES string of the molecule is C=CC(=O)O.CCl.C[N+](C)(C)CCCO. The Morgan fingerprint density at radius 1 is 1.40 bits per heavy atom. The highest BCUT2D eigenvalue weighted by molar-refractivity contribution is 6.15. The first-order chi connectivity index (χ1) is 6.83. The lowest BCUT2D eigenvalue weighted by Gasteiger charge is -2.22. The van der Waals surface area contributed by atoms with Gasteiger partial charge in [-0.05, 0) is 0 Å². The van der Waals surface area contributed by atoms with Crippen molar-refractivity contribution < 1.29 is 19.5 Å². The van der Waals surface area contributed by atoms with Crippen molar-refractivity contribution in [1.82, 2.24) is 0 Å². The van der Waals surface area contributed by atoms with Crippen LogP contribution in [0.5, 0.6) is 0 Å². The summed E-state index contributed by atoms with van der Waals surface area (Å²) in [5.74, 6) is -0.981. The first-order valence-corrected chi connectivity index (χ1v) is 5.23. The van der Waals surface area contributed by atoms with Crippen molar-refractivity contribution in [2.45, 2.75) is 6.42 Å². The van der Waals surface area contributed by atoms with E-state index in [1.54, 1.807) is 0 Å². The van der Waals surface area contributed by atoms with Crippen LogP contribution < -0.4 is 0 Å². The fourth-order valence-electron chi connectivity index (χ4n) is 0.545. The Morgan fingerprint density at radius 2 is 1.73 bits per heavy atom. The predicted octanol–water partition coefficient (Wildman–Crippen LogP) is 1.19. The number of alkyl halides is 1. The first-order valence-electron chi connectivity index (χ1n) is 4.48. The quantitative estimate of drug-likeness (QED) is 0.441.